The summed E-state index contributed by atoms with van der Waals surface area (Å²) in [6.45, 7) is -0.274. The highest BCUT2D eigenvalue weighted by atomic mass is 19.3. The van der Waals surface area contributed by atoms with Gasteiger partial charge >= 0.3 is 6.05 Å². The van der Waals surface area contributed by atoms with Crippen molar-refractivity contribution in [1.29, 1.82) is 0 Å². The van der Waals surface area contributed by atoms with Gasteiger partial charge in [-0.2, -0.15) is 13.8 Å². The molecule has 1 aliphatic heterocycles. The summed E-state index contributed by atoms with van der Waals surface area (Å²) >= 11 is 0. The highest BCUT2D eigenvalue weighted by molar-refractivity contribution is 5.99. The fourth-order valence-corrected chi connectivity index (χ4v) is 4.07. The van der Waals surface area contributed by atoms with Gasteiger partial charge in [-0.1, -0.05) is 30.3 Å². The zero-order chi connectivity index (χ0) is 27.7. The average Bonchev–Trinajstić information content (AvgIpc) is 3.55. The highest BCUT2D eigenvalue weighted by Crippen LogP contribution is 2.34. The lowest BCUT2D eigenvalue weighted by Gasteiger charge is -2.19. The lowest BCUT2D eigenvalue weighted by Crippen LogP contribution is -2.30. The minimum absolute atomic E-state index is 0.00366. The molecule has 200 valence electrons. The van der Waals surface area contributed by atoms with Crippen molar-refractivity contribution >= 4 is 23.5 Å². The number of nitrogens with zero attached hydrogens (tertiary/aromatic N) is 6. The topological polar surface area (TPSA) is 164 Å². The van der Waals surface area contributed by atoms with Gasteiger partial charge < -0.3 is 20.2 Å². The molecule has 4 aromatic heterocycles. The van der Waals surface area contributed by atoms with E-state index >= 15 is 0 Å². The number of anilines is 3. The van der Waals surface area contributed by atoms with Gasteiger partial charge in [-0.15, -0.1) is 10.2 Å². The van der Waals surface area contributed by atoms with Gasteiger partial charge in [-0.3, -0.25) is 15.1 Å². The van der Waals surface area contributed by atoms with E-state index in [1.807, 2.05) is 30.3 Å². The van der Waals surface area contributed by atoms with Crippen LogP contribution in [-0.4, -0.2) is 47.8 Å². The summed E-state index contributed by atoms with van der Waals surface area (Å²) in [6, 6.07) is 11.1. The molecule has 0 fully saturated rings. The molecule has 1 amide bonds. The van der Waals surface area contributed by atoms with E-state index in [1.165, 1.54) is 18.3 Å². The Morgan fingerprint density at radius 3 is 2.58 bits per heavy atom. The number of carbonyl (C=O) groups is 1. The maximum absolute atomic E-state index is 14.2. The SMILES string of the molecule is O=C1NC(F)(F)c2nc(Nc3ncc(-c4nnc(-c5cccnc5)o4)c(N[C@H](CO)c4ccccc4)n3)ccc21. The lowest BCUT2D eigenvalue weighted by molar-refractivity contribution is -0.0278. The maximum atomic E-state index is 14.2. The van der Waals surface area contributed by atoms with Crippen LogP contribution in [0.25, 0.3) is 22.9 Å². The van der Waals surface area contributed by atoms with Crippen LogP contribution in [0.1, 0.15) is 27.7 Å². The number of rotatable bonds is 8. The molecule has 0 unspecified atom stereocenters. The van der Waals surface area contributed by atoms with Gasteiger partial charge in [0.1, 0.15) is 17.3 Å². The van der Waals surface area contributed by atoms with E-state index in [9.17, 15) is 18.7 Å². The Bertz CT molecular complexity index is 1680. The molecule has 1 aromatic carbocycles. The Kier molecular flexibility index (Phi) is 6.28. The molecule has 0 spiro atoms. The van der Waals surface area contributed by atoms with Crippen molar-refractivity contribution in [2.45, 2.75) is 12.1 Å². The summed E-state index contributed by atoms with van der Waals surface area (Å²) in [7, 11) is 0. The van der Waals surface area contributed by atoms with Crippen LogP contribution in [0, 0.1) is 0 Å². The number of amides is 1. The number of nitrogens with one attached hydrogen (secondary N) is 3. The van der Waals surface area contributed by atoms with Gasteiger partial charge in [-0.25, -0.2) is 9.97 Å². The highest BCUT2D eigenvalue weighted by Gasteiger charge is 2.45. The number of alkyl halides is 2. The largest absolute Gasteiger partial charge is 0.416 e. The van der Waals surface area contributed by atoms with Crippen LogP contribution in [-0.2, 0) is 6.05 Å². The summed E-state index contributed by atoms with van der Waals surface area (Å²) < 4.78 is 34.2. The summed E-state index contributed by atoms with van der Waals surface area (Å²) in [6.07, 6.45) is 4.60. The maximum Gasteiger partial charge on any atom is 0.370 e. The van der Waals surface area contributed by atoms with Crippen LogP contribution >= 0.6 is 0 Å². The molecule has 4 N–H and O–H groups in total. The summed E-state index contributed by atoms with van der Waals surface area (Å²) in [5.41, 5.74) is 0.801. The van der Waals surface area contributed by atoms with Crippen LogP contribution in [0.5, 0.6) is 0 Å². The van der Waals surface area contributed by atoms with E-state index in [2.05, 4.69) is 40.8 Å². The molecule has 6 rings (SSSR count). The van der Waals surface area contributed by atoms with Crippen LogP contribution in [0.15, 0.2) is 77.6 Å². The number of hydrogen-bond acceptors (Lipinski definition) is 11. The predicted octanol–water partition coefficient (Wildman–Crippen LogP) is 3.67. The molecule has 5 aromatic rings. The predicted molar refractivity (Wildman–Crippen MR) is 137 cm³/mol. The molecule has 0 bridgehead atoms. The first-order valence-corrected chi connectivity index (χ1v) is 11.9. The van der Waals surface area contributed by atoms with E-state index in [0.717, 1.165) is 5.56 Å². The van der Waals surface area contributed by atoms with Crippen LogP contribution in [0.4, 0.5) is 26.4 Å². The van der Waals surface area contributed by atoms with Crippen LogP contribution in [0.3, 0.4) is 0 Å². The first-order chi connectivity index (χ1) is 19.4. The minimum Gasteiger partial charge on any atom is -0.416 e. The number of halogens is 2. The normalized spacial score (nSPS) is 14.3. The standard InChI is InChI=1S/C26H19F2N9O3/c27-26(28)20-16(22(39)35-26)8-9-19(32-20)33-25-30-12-17(24-37-36-23(40-24)15-7-4-10-29-11-15)21(34-25)31-18(13-38)14-5-2-1-3-6-14/h1-12,18,38H,13H2,(H,35,39)(H2,30,31,32,33,34)/t18-/m1/s1. The molecule has 12 nitrogen and oxygen atoms in total. The van der Waals surface area contributed by atoms with E-state index in [1.54, 1.807) is 29.8 Å². The number of pyridine rings is 2. The zero-order valence-corrected chi connectivity index (χ0v) is 20.4. The summed E-state index contributed by atoms with van der Waals surface area (Å²) in [5, 5.41) is 25.9. The molecular formula is C26H19F2N9O3. The fourth-order valence-electron chi connectivity index (χ4n) is 4.07. The number of aliphatic hydroxyl groups is 1. The Morgan fingerprint density at radius 2 is 1.80 bits per heavy atom. The van der Waals surface area contributed by atoms with Crippen LogP contribution in [0.2, 0.25) is 0 Å². The quantitative estimate of drug-likeness (QED) is 0.211. The molecule has 0 saturated heterocycles. The summed E-state index contributed by atoms with van der Waals surface area (Å²) in [5.74, 6) is -0.387. The average molecular weight is 543 g/mol. The van der Waals surface area contributed by atoms with Gasteiger partial charge in [0.2, 0.25) is 11.8 Å². The van der Waals surface area contributed by atoms with E-state index in [-0.39, 0.29) is 41.5 Å². The van der Waals surface area contributed by atoms with Gasteiger partial charge in [0.25, 0.3) is 11.8 Å². The Balaban J connectivity index is 1.36. The number of aliphatic hydroxyl groups excluding tert-OH is 1. The fraction of sp³-hybridized carbons (Fsp3) is 0.115. The van der Waals surface area contributed by atoms with E-state index in [4.69, 9.17) is 4.42 Å². The molecule has 0 radical (unpaired) electrons. The first kappa shape index (κ1) is 24.9. The third kappa shape index (κ3) is 4.78. The number of carbonyl (C=O) groups excluding carboxylic acids is 1. The zero-order valence-electron chi connectivity index (χ0n) is 20.4. The monoisotopic (exact) mass is 543 g/mol. The second-order valence-corrected chi connectivity index (χ2v) is 8.65. The van der Waals surface area contributed by atoms with Crippen molar-refractivity contribution in [1.82, 2.24) is 35.5 Å². The molecule has 0 aliphatic carbocycles. The molecular weight excluding hydrogens is 524 g/mol. The molecule has 14 heteroatoms. The Hall–Kier alpha value is -5.37. The molecule has 40 heavy (non-hydrogen) atoms. The minimum atomic E-state index is -3.60. The second-order valence-electron chi connectivity index (χ2n) is 8.65. The van der Waals surface area contributed by atoms with Crippen molar-refractivity contribution in [3.63, 3.8) is 0 Å². The van der Waals surface area contributed by atoms with Gasteiger partial charge in [0.05, 0.1) is 29.3 Å². The van der Waals surface area contributed by atoms with Gasteiger partial charge in [0, 0.05) is 18.6 Å². The summed E-state index contributed by atoms with van der Waals surface area (Å²) in [4.78, 5) is 28.5. The van der Waals surface area contributed by atoms with Crippen molar-refractivity contribution in [2.75, 3.05) is 17.2 Å². The van der Waals surface area contributed by atoms with Gasteiger partial charge in [0.15, 0.2) is 0 Å². The molecule has 1 atom stereocenters. The van der Waals surface area contributed by atoms with Gasteiger partial charge in [-0.05, 0) is 29.8 Å². The molecule has 0 saturated carbocycles. The molecule has 5 heterocycles. The first-order valence-electron chi connectivity index (χ1n) is 11.9. The number of hydrogen-bond donors (Lipinski definition) is 4. The number of aromatic nitrogens is 6. The Labute approximate surface area is 224 Å². The Morgan fingerprint density at radius 1 is 0.975 bits per heavy atom. The third-order valence-corrected chi connectivity index (χ3v) is 6.00. The van der Waals surface area contributed by atoms with E-state index < -0.39 is 23.7 Å². The van der Waals surface area contributed by atoms with Crippen molar-refractivity contribution in [2.24, 2.45) is 0 Å². The van der Waals surface area contributed by atoms with Crippen molar-refractivity contribution in [3.8, 4) is 22.9 Å². The molecule has 1 aliphatic rings. The van der Waals surface area contributed by atoms with Crippen molar-refractivity contribution in [3.05, 3.63) is 90.0 Å². The second kappa shape index (κ2) is 10.1. The number of fused-ring (bicyclic) bond motifs is 1. The smallest absolute Gasteiger partial charge is 0.370 e. The number of benzene rings is 1. The van der Waals surface area contributed by atoms with E-state index in [0.29, 0.717) is 11.1 Å². The van der Waals surface area contributed by atoms with Crippen LogP contribution < -0.4 is 16.0 Å². The lowest BCUT2D eigenvalue weighted by atomic mass is 10.1. The third-order valence-electron chi connectivity index (χ3n) is 6.00. The van der Waals surface area contributed by atoms with Crippen molar-refractivity contribution < 1.29 is 23.1 Å².